The first-order valence-electron chi connectivity index (χ1n) is 7.21. The lowest BCUT2D eigenvalue weighted by molar-refractivity contribution is -0.440. The van der Waals surface area contributed by atoms with Crippen molar-refractivity contribution in [2.24, 2.45) is 0 Å². The number of hydrogen-bond donors (Lipinski definition) is 3. The topological polar surface area (TPSA) is 69.9 Å². The maximum Gasteiger partial charge on any atom is 0.460 e. The minimum atomic E-state index is -7.99. The summed E-state index contributed by atoms with van der Waals surface area (Å²) in [5.74, 6) is -37.4. The van der Waals surface area contributed by atoms with Crippen LogP contribution in [-0.4, -0.2) is 75.7 Å². The van der Waals surface area contributed by atoms with Crippen molar-refractivity contribution in [3.63, 3.8) is 0 Å². The molecule has 29 heavy (non-hydrogen) atoms. The first-order chi connectivity index (χ1) is 12.6. The third-order valence-electron chi connectivity index (χ3n) is 4.08. The van der Waals surface area contributed by atoms with Crippen molar-refractivity contribution in [2.45, 2.75) is 73.2 Å². The molecule has 3 N–H and O–H groups in total. The smallest absolute Gasteiger partial charge is 0.387 e. The number of hydrogen-bond acceptors (Lipinski definition) is 4. The van der Waals surface area contributed by atoms with Gasteiger partial charge < -0.3 is 20.1 Å². The number of rotatable bonds is 7. The molecule has 0 spiro atoms. The van der Waals surface area contributed by atoms with Crippen molar-refractivity contribution in [1.82, 2.24) is 0 Å². The molecule has 0 radical (unpaired) electrons. The molecular weight excluding hydrogens is 455 g/mol. The molecule has 0 bridgehead atoms. The van der Waals surface area contributed by atoms with E-state index in [-0.39, 0.29) is 0 Å². The molecule has 17 heteroatoms. The van der Waals surface area contributed by atoms with Gasteiger partial charge in [-0.1, -0.05) is 0 Å². The fourth-order valence-electron chi connectivity index (χ4n) is 2.25. The number of ether oxygens (including phenoxy) is 1. The highest BCUT2D eigenvalue weighted by atomic mass is 19.4. The van der Waals surface area contributed by atoms with E-state index in [9.17, 15) is 62.2 Å². The Balaban J connectivity index is 3.16. The van der Waals surface area contributed by atoms with Gasteiger partial charge in [0.2, 0.25) is 0 Å². The van der Waals surface area contributed by atoms with Gasteiger partial charge in [-0.3, -0.25) is 0 Å². The number of aliphatic hydroxyl groups is 3. The van der Waals surface area contributed by atoms with Crippen LogP contribution in [0.1, 0.15) is 12.8 Å². The normalized spacial score (nSPS) is 28.1. The van der Waals surface area contributed by atoms with E-state index >= 15 is 0 Å². The molecule has 0 aromatic carbocycles. The van der Waals surface area contributed by atoms with E-state index in [4.69, 9.17) is 10.2 Å². The Morgan fingerprint density at radius 3 is 1.34 bits per heavy atom. The number of alkyl halides is 13. The summed E-state index contributed by atoms with van der Waals surface area (Å²) < 4.78 is 172. The van der Waals surface area contributed by atoms with E-state index in [2.05, 4.69) is 4.74 Å². The Bertz CT molecular complexity index is 591. The van der Waals surface area contributed by atoms with Gasteiger partial charge in [0.1, 0.15) is 12.2 Å². The Labute approximate surface area is 151 Å². The molecule has 4 nitrogen and oxygen atoms in total. The summed E-state index contributed by atoms with van der Waals surface area (Å²) in [5, 5.41) is 27.3. The zero-order valence-electron chi connectivity index (χ0n) is 13.4. The molecule has 1 aliphatic rings. The second kappa shape index (κ2) is 7.26. The maximum absolute atomic E-state index is 13.5. The van der Waals surface area contributed by atoms with Gasteiger partial charge in [-0.15, -0.1) is 0 Å². The van der Waals surface area contributed by atoms with Crippen LogP contribution in [0.15, 0.2) is 0 Å². The van der Waals surface area contributed by atoms with Gasteiger partial charge in [0.15, 0.2) is 6.29 Å². The third kappa shape index (κ3) is 3.85. The summed E-state index contributed by atoms with van der Waals surface area (Å²) in [5.41, 5.74) is 0. The Morgan fingerprint density at radius 2 is 1.00 bits per heavy atom. The van der Waals surface area contributed by atoms with Crippen LogP contribution in [0, 0.1) is 0 Å². The van der Waals surface area contributed by atoms with Gasteiger partial charge in [0, 0.05) is 6.42 Å². The molecule has 174 valence electrons. The van der Waals surface area contributed by atoms with E-state index in [1.165, 1.54) is 0 Å². The highest BCUT2D eigenvalue weighted by molar-refractivity contribution is 5.10. The summed E-state index contributed by atoms with van der Waals surface area (Å²) in [6.07, 6.45) is -20.4. The standard InChI is InChI=1S/C12H11F13O4/c13-7(14,2-1-3-4(26)5(27)6(28)29-3)8(15,16)9(17,18)10(19,20)11(21,22)12(23,24)25/h3-6,26-28H,1-2H2/t3-,4+,5-,6+/m1/s1. The van der Waals surface area contributed by atoms with Gasteiger partial charge in [0.25, 0.3) is 0 Å². The Morgan fingerprint density at radius 1 is 0.586 bits per heavy atom. The van der Waals surface area contributed by atoms with Gasteiger partial charge >= 0.3 is 35.8 Å². The monoisotopic (exact) mass is 466 g/mol. The van der Waals surface area contributed by atoms with E-state index in [1.54, 1.807) is 0 Å². The number of aliphatic hydroxyl groups excluding tert-OH is 3. The zero-order valence-corrected chi connectivity index (χ0v) is 13.4. The molecule has 4 atom stereocenters. The van der Waals surface area contributed by atoms with Gasteiger partial charge in [-0.05, 0) is 6.42 Å². The lowest BCUT2D eigenvalue weighted by atomic mass is 9.91. The minimum absolute atomic E-state index is 1.62. The fourth-order valence-corrected chi connectivity index (χ4v) is 2.25. The molecule has 0 aliphatic carbocycles. The highest BCUT2D eigenvalue weighted by Crippen LogP contribution is 2.60. The predicted octanol–water partition coefficient (Wildman–Crippen LogP) is 2.94. The van der Waals surface area contributed by atoms with Gasteiger partial charge in [-0.25, -0.2) is 0 Å². The molecule has 0 saturated carbocycles. The van der Waals surface area contributed by atoms with Crippen molar-refractivity contribution in [1.29, 1.82) is 0 Å². The second-order valence-electron chi connectivity index (χ2n) is 6.08. The zero-order chi connectivity index (χ0) is 23.4. The van der Waals surface area contributed by atoms with Crippen molar-refractivity contribution < 1.29 is 77.1 Å². The van der Waals surface area contributed by atoms with Gasteiger partial charge in [-0.2, -0.15) is 57.1 Å². The summed E-state index contributed by atoms with van der Waals surface area (Å²) in [6.45, 7) is 0. The van der Waals surface area contributed by atoms with Crippen molar-refractivity contribution >= 4 is 0 Å². The third-order valence-corrected chi connectivity index (χ3v) is 4.08. The van der Waals surface area contributed by atoms with Crippen LogP contribution in [0.2, 0.25) is 0 Å². The van der Waals surface area contributed by atoms with Crippen LogP contribution >= 0.6 is 0 Å². The van der Waals surface area contributed by atoms with Crippen molar-refractivity contribution in [3.05, 3.63) is 0 Å². The number of halogens is 13. The average Bonchev–Trinajstić information content (AvgIpc) is 2.78. The second-order valence-corrected chi connectivity index (χ2v) is 6.08. The summed E-state index contributed by atoms with van der Waals surface area (Å²) in [7, 11) is 0. The largest absolute Gasteiger partial charge is 0.460 e. The predicted molar refractivity (Wildman–Crippen MR) is 62.9 cm³/mol. The lowest BCUT2D eigenvalue weighted by Crippen LogP contribution is -2.70. The molecule has 0 amide bonds. The van der Waals surface area contributed by atoms with E-state index in [0.29, 0.717) is 0 Å². The summed E-state index contributed by atoms with van der Waals surface area (Å²) in [4.78, 5) is 0. The van der Waals surface area contributed by atoms with Crippen LogP contribution in [-0.2, 0) is 4.74 Å². The van der Waals surface area contributed by atoms with Crippen molar-refractivity contribution in [3.8, 4) is 0 Å². The lowest BCUT2D eigenvalue weighted by Gasteiger charge is -2.40. The molecule has 1 aliphatic heterocycles. The van der Waals surface area contributed by atoms with E-state index < -0.39 is 73.2 Å². The molecule has 0 aromatic heterocycles. The summed E-state index contributed by atoms with van der Waals surface area (Å²) in [6, 6.07) is 0. The SMILES string of the molecule is O[C@@H]1[C@@H](O)[C@@H](CCC(F)(F)C(F)(F)C(F)(F)C(F)(F)C(F)(F)C(F)(F)F)O[C@@H]1O. The van der Waals surface area contributed by atoms with Crippen LogP contribution in [0.25, 0.3) is 0 Å². The van der Waals surface area contributed by atoms with Crippen LogP contribution in [0.5, 0.6) is 0 Å². The fraction of sp³-hybridized carbons (Fsp3) is 1.00. The molecule has 1 heterocycles. The van der Waals surface area contributed by atoms with Crippen molar-refractivity contribution in [2.75, 3.05) is 0 Å². The first kappa shape index (κ1) is 26.0. The average molecular weight is 466 g/mol. The maximum atomic E-state index is 13.5. The summed E-state index contributed by atoms with van der Waals surface area (Å²) >= 11 is 0. The van der Waals surface area contributed by atoms with Crippen LogP contribution < -0.4 is 0 Å². The first-order valence-corrected chi connectivity index (χ1v) is 7.21. The molecule has 1 saturated heterocycles. The minimum Gasteiger partial charge on any atom is -0.387 e. The Kier molecular flexibility index (Phi) is 6.50. The van der Waals surface area contributed by atoms with Crippen LogP contribution in [0.4, 0.5) is 57.1 Å². The van der Waals surface area contributed by atoms with E-state index in [0.717, 1.165) is 0 Å². The quantitative estimate of drug-likeness (QED) is 0.505. The molecule has 1 rings (SSSR count). The molecule has 0 unspecified atom stereocenters. The van der Waals surface area contributed by atoms with Gasteiger partial charge in [0.05, 0.1) is 6.10 Å². The molecule has 0 aromatic rings. The van der Waals surface area contributed by atoms with E-state index in [1.807, 2.05) is 0 Å². The Hall–Kier alpha value is -1.07. The molecular formula is C12H11F13O4. The highest BCUT2D eigenvalue weighted by Gasteiger charge is 2.90. The van der Waals surface area contributed by atoms with Crippen LogP contribution in [0.3, 0.4) is 0 Å². The molecule has 1 fully saturated rings.